The Bertz CT molecular complexity index is 260. The van der Waals surface area contributed by atoms with E-state index in [4.69, 9.17) is 5.73 Å². The number of nitrogens with two attached hydrogens (primary N) is 1. The number of hydrogen-bond acceptors (Lipinski definition) is 2. The second-order valence-corrected chi connectivity index (χ2v) is 4.67. The molecule has 0 bridgehead atoms. The van der Waals surface area contributed by atoms with E-state index >= 15 is 0 Å². The summed E-state index contributed by atoms with van der Waals surface area (Å²) < 4.78 is 35.7. The molecule has 0 aromatic carbocycles. The molecule has 6 heteroatoms. The first kappa shape index (κ1) is 14.3. The molecule has 0 radical (unpaired) electrons. The SMILES string of the molecule is NCC1(C(=O)NCCCC(F)(F)F)CCCC1. The Morgan fingerprint density at radius 1 is 1.29 bits per heavy atom. The zero-order valence-electron chi connectivity index (χ0n) is 9.78. The average molecular weight is 252 g/mol. The van der Waals surface area contributed by atoms with Gasteiger partial charge in [0.1, 0.15) is 0 Å². The van der Waals surface area contributed by atoms with Crippen LogP contribution in [0.25, 0.3) is 0 Å². The van der Waals surface area contributed by atoms with E-state index in [9.17, 15) is 18.0 Å². The Labute approximate surface area is 98.9 Å². The van der Waals surface area contributed by atoms with Crippen LogP contribution in [0.15, 0.2) is 0 Å². The molecule has 17 heavy (non-hydrogen) atoms. The lowest BCUT2D eigenvalue weighted by atomic mass is 9.85. The van der Waals surface area contributed by atoms with Crippen LogP contribution in [-0.2, 0) is 4.79 Å². The monoisotopic (exact) mass is 252 g/mol. The fourth-order valence-electron chi connectivity index (χ4n) is 2.25. The molecule has 0 atom stereocenters. The third kappa shape index (κ3) is 4.18. The largest absolute Gasteiger partial charge is 0.389 e. The van der Waals surface area contributed by atoms with E-state index in [0.717, 1.165) is 25.7 Å². The molecule has 1 rings (SSSR count). The van der Waals surface area contributed by atoms with Gasteiger partial charge in [-0.25, -0.2) is 0 Å². The Kier molecular flexibility index (Phi) is 4.80. The van der Waals surface area contributed by atoms with Crippen LogP contribution in [0.4, 0.5) is 13.2 Å². The maximum atomic E-state index is 11.9. The van der Waals surface area contributed by atoms with E-state index in [1.165, 1.54) is 0 Å². The minimum Gasteiger partial charge on any atom is -0.356 e. The van der Waals surface area contributed by atoms with E-state index in [-0.39, 0.29) is 25.4 Å². The molecule has 3 N–H and O–H groups in total. The van der Waals surface area contributed by atoms with Crippen molar-refractivity contribution >= 4 is 5.91 Å². The number of hydrogen-bond donors (Lipinski definition) is 2. The van der Waals surface area contributed by atoms with Crippen LogP contribution < -0.4 is 11.1 Å². The molecule has 1 aliphatic carbocycles. The van der Waals surface area contributed by atoms with Crippen molar-refractivity contribution in [3.8, 4) is 0 Å². The lowest BCUT2D eigenvalue weighted by Crippen LogP contribution is -2.44. The highest BCUT2D eigenvalue weighted by molar-refractivity contribution is 5.83. The molecule has 1 aliphatic rings. The Balaban J connectivity index is 2.29. The van der Waals surface area contributed by atoms with Crippen molar-refractivity contribution in [1.29, 1.82) is 0 Å². The van der Waals surface area contributed by atoms with E-state index in [2.05, 4.69) is 5.32 Å². The predicted octanol–water partition coefficient (Wildman–Crippen LogP) is 1.96. The molecule has 0 unspecified atom stereocenters. The summed E-state index contributed by atoms with van der Waals surface area (Å²) in [4.78, 5) is 11.9. The van der Waals surface area contributed by atoms with Gasteiger partial charge in [-0.2, -0.15) is 13.2 Å². The molecule has 0 aliphatic heterocycles. The van der Waals surface area contributed by atoms with Crippen LogP contribution in [0, 0.1) is 5.41 Å². The van der Waals surface area contributed by atoms with Gasteiger partial charge in [0.05, 0.1) is 5.41 Å². The first-order chi connectivity index (χ1) is 7.90. The molecule has 0 aromatic heterocycles. The van der Waals surface area contributed by atoms with Gasteiger partial charge in [-0.05, 0) is 19.3 Å². The topological polar surface area (TPSA) is 55.1 Å². The van der Waals surface area contributed by atoms with Crippen molar-refractivity contribution in [3.63, 3.8) is 0 Å². The van der Waals surface area contributed by atoms with Crippen LogP contribution in [0.1, 0.15) is 38.5 Å². The summed E-state index contributed by atoms with van der Waals surface area (Å²) in [6, 6.07) is 0. The Hall–Kier alpha value is -0.780. The molecule has 0 spiro atoms. The number of amides is 1. The van der Waals surface area contributed by atoms with Gasteiger partial charge in [0, 0.05) is 19.5 Å². The van der Waals surface area contributed by atoms with E-state index in [1.54, 1.807) is 0 Å². The maximum absolute atomic E-state index is 11.9. The summed E-state index contributed by atoms with van der Waals surface area (Å²) in [5.74, 6) is -0.181. The van der Waals surface area contributed by atoms with Crippen molar-refractivity contribution in [2.24, 2.45) is 11.1 Å². The highest BCUT2D eigenvalue weighted by Gasteiger charge is 2.39. The van der Waals surface area contributed by atoms with Gasteiger partial charge in [-0.3, -0.25) is 4.79 Å². The zero-order valence-corrected chi connectivity index (χ0v) is 9.78. The third-order valence-corrected chi connectivity index (χ3v) is 3.36. The van der Waals surface area contributed by atoms with Gasteiger partial charge in [-0.1, -0.05) is 12.8 Å². The summed E-state index contributed by atoms with van der Waals surface area (Å²) in [6.07, 6.45) is -1.66. The highest BCUT2D eigenvalue weighted by Crippen LogP contribution is 2.37. The van der Waals surface area contributed by atoms with Crippen LogP contribution in [0.3, 0.4) is 0 Å². The Morgan fingerprint density at radius 3 is 2.35 bits per heavy atom. The number of alkyl halides is 3. The van der Waals surface area contributed by atoms with E-state index in [0.29, 0.717) is 0 Å². The van der Waals surface area contributed by atoms with Gasteiger partial charge in [0.2, 0.25) is 5.91 Å². The van der Waals surface area contributed by atoms with Crippen LogP contribution >= 0.6 is 0 Å². The van der Waals surface area contributed by atoms with Crippen molar-refractivity contribution in [3.05, 3.63) is 0 Å². The molecule has 0 heterocycles. The molecular formula is C11H19F3N2O. The number of halogens is 3. The minimum absolute atomic E-state index is 0.0695. The van der Waals surface area contributed by atoms with Crippen LogP contribution in [-0.4, -0.2) is 25.2 Å². The molecule has 0 aromatic rings. The summed E-state index contributed by atoms with van der Waals surface area (Å²) in [6.45, 7) is 0.345. The van der Waals surface area contributed by atoms with Crippen molar-refractivity contribution in [2.75, 3.05) is 13.1 Å². The number of carbonyl (C=O) groups is 1. The molecule has 1 saturated carbocycles. The van der Waals surface area contributed by atoms with Crippen molar-refractivity contribution in [1.82, 2.24) is 5.32 Å². The van der Waals surface area contributed by atoms with E-state index < -0.39 is 18.0 Å². The predicted molar refractivity (Wildman–Crippen MR) is 58.3 cm³/mol. The summed E-state index contributed by atoms with van der Waals surface area (Å²) in [5.41, 5.74) is 5.07. The summed E-state index contributed by atoms with van der Waals surface area (Å²) >= 11 is 0. The Morgan fingerprint density at radius 2 is 1.88 bits per heavy atom. The normalized spacial score (nSPS) is 19.3. The first-order valence-corrected chi connectivity index (χ1v) is 5.95. The molecule has 1 amide bonds. The third-order valence-electron chi connectivity index (χ3n) is 3.36. The minimum atomic E-state index is -4.15. The maximum Gasteiger partial charge on any atom is 0.389 e. The van der Waals surface area contributed by atoms with Crippen LogP contribution in [0.2, 0.25) is 0 Å². The molecule has 100 valence electrons. The van der Waals surface area contributed by atoms with Crippen LogP contribution in [0.5, 0.6) is 0 Å². The van der Waals surface area contributed by atoms with Gasteiger partial charge in [0.25, 0.3) is 0 Å². The van der Waals surface area contributed by atoms with Gasteiger partial charge >= 0.3 is 6.18 Å². The second kappa shape index (κ2) is 5.71. The summed E-state index contributed by atoms with van der Waals surface area (Å²) in [7, 11) is 0. The lowest BCUT2D eigenvalue weighted by molar-refractivity contribution is -0.137. The van der Waals surface area contributed by atoms with Crippen molar-refractivity contribution < 1.29 is 18.0 Å². The van der Waals surface area contributed by atoms with Gasteiger partial charge in [-0.15, -0.1) is 0 Å². The standard InChI is InChI=1S/C11H19F3N2O/c12-11(13,14)6-3-7-16-9(17)10(8-15)4-1-2-5-10/h1-8,15H2,(H,16,17). The first-order valence-electron chi connectivity index (χ1n) is 5.95. The zero-order chi connectivity index (χ0) is 12.9. The fraction of sp³-hybridized carbons (Fsp3) is 0.909. The number of carbonyl (C=O) groups excluding carboxylic acids is 1. The smallest absolute Gasteiger partial charge is 0.356 e. The van der Waals surface area contributed by atoms with Crippen molar-refractivity contribution in [2.45, 2.75) is 44.7 Å². The number of rotatable bonds is 5. The highest BCUT2D eigenvalue weighted by atomic mass is 19.4. The second-order valence-electron chi connectivity index (χ2n) is 4.67. The van der Waals surface area contributed by atoms with Gasteiger partial charge < -0.3 is 11.1 Å². The molecular weight excluding hydrogens is 233 g/mol. The molecule has 3 nitrogen and oxygen atoms in total. The van der Waals surface area contributed by atoms with E-state index in [1.807, 2.05) is 0 Å². The van der Waals surface area contributed by atoms with Gasteiger partial charge in [0.15, 0.2) is 0 Å². The fourth-order valence-corrected chi connectivity index (χ4v) is 2.25. The number of nitrogens with one attached hydrogen (secondary N) is 1. The molecule has 0 saturated heterocycles. The average Bonchev–Trinajstić information content (AvgIpc) is 2.72. The molecule has 1 fully saturated rings. The lowest BCUT2D eigenvalue weighted by Gasteiger charge is -2.25. The summed E-state index contributed by atoms with van der Waals surface area (Å²) in [5, 5.41) is 2.57. The quantitative estimate of drug-likeness (QED) is 0.735.